The quantitative estimate of drug-likeness (QED) is 0.555. The largest absolute Gasteiger partial charge is 0.336 e. The Hall–Kier alpha value is -2.97. The van der Waals surface area contributed by atoms with E-state index in [0.717, 1.165) is 44.0 Å². The van der Waals surface area contributed by atoms with Gasteiger partial charge in [-0.15, -0.1) is 0 Å². The second-order valence-electron chi connectivity index (χ2n) is 9.71. The average Bonchev–Trinajstić information content (AvgIpc) is 3.38. The maximum atomic E-state index is 13.2. The monoisotopic (exact) mass is 492 g/mol. The standard InChI is InChI=1S/C27H32N4O3S/c1-20-18-23(27(32)31-16-14-30(15-17-31)19-21-6-2-3-7-21)11-12-24(20)29-35(33,34)25-10-4-8-22-9-5-13-28-26(22)25/h4-5,8-13,18,21,29H,2-3,6-7,14-17,19H2,1H3. The molecule has 2 aliphatic rings. The molecule has 3 aromatic rings. The van der Waals surface area contributed by atoms with E-state index < -0.39 is 10.0 Å². The first-order valence-electron chi connectivity index (χ1n) is 12.4. The molecule has 5 rings (SSSR count). The minimum atomic E-state index is -3.85. The smallest absolute Gasteiger partial charge is 0.264 e. The Labute approximate surface area is 207 Å². The minimum Gasteiger partial charge on any atom is -0.336 e. The highest BCUT2D eigenvalue weighted by atomic mass is 32.2. The summed E-state index contributed by atoms with van der Waals surface area (Å²) >= 11 is 0. The Morgan fingerprint density at radius 3 is 2.51 bits per heavy atom. The van der Waals surface area contributed by atoms with E-state index >= 15 is 0 Å². The molecule has 2 fully saturated rings. The van der Waals surface area contributed by atoms with Crippen LogP contribution in [-0.2, 0) is 10.0 Å². The molecule has 1 aliphatic heterocycles. The van der Waals surface area contributed by atoms with Crippen molar-refractivity contribution in [3.63, 3.8) is 0 Å². The van der Waals surface area contributed by atoms with Crippen LogP contribution in [0.3, 0.4) is 0 Å². The van der Waals surface area contributed by atoms with E-state index in [0.29, 0.717) is 22.3 Å². The maximum absolute atomic E-state index is 13.2. The summed E-state index contributed by atoms with van der Waals surface area (Å²) in [7, 11) is -3.85. The van der Waals surface area contributed by atoms with Gasteiger partial charge in [-0.05, 0) is 61.6 Å². The van der Waals surface area contributed by atoms with Gasteiger partial charge in [-0.3, -0.25) is 19.4 Å². The molecule has 2 heterocycles. The number of hydrogen-bond acceptors (Lipinski definition) is 5. The molecule has 184 valence electrons. The van der Waals surface area contributed by atoms with E-state index in [9.17, 15) is 13.2 Å². The number of pyridine rings is 1. The van der Waals surface area contributed by atoms with Crippen LogP contribution in [0.4, 0.5) is 5.69 Å². The number of sulfonamides is 1. The number of carbonyl (C=O) groups is 1. The first-order chi connectivity index (χ1) is 16.9. The van der Waals surface area contributed by atoms with Crippen LogP contribution in [0, 0.1) is 12.8 Å². The van der Waals surface area contributed by atoms with Crippen molar-refractivity contribution in [2.75, 3.05) is 37.4 Å². The summed E-state index contributed by atoms with van der Waals surface area (Å²) < 4.78 is 29.0. The third kappa shape index (κ3) is 5.18. The molecule has 7 nitrogen and oxygen atoms in total. The summed E-state index contributed by atoms with van der Waals surface area (Å²) in [5.74, 6) is 0.821. The molecule has 1 aliphatic carbocycles. The van der Waals surface area contributed by atoms with Gasteiger partial charge in [0.2, 0.25) is 0 Å². The van der Waals surface area contributed by atoms with Crippen LogP contribution >= 0.6 is 0 Å². The number of fused-ring (bicyclic) bond motifs is 1. The van der Waals surface area contributed by atoms with Gasteiger partial charge in [0.15, 0.2) is 0 Å². The highest BCUT2D eigenvalue weighted by Gasteiger charge is 2.26. The number of carbonyl (C=O) groups excluding carboxylic acids is 1. The lowest BCUT2D eigenvalue weighted by molar-refractivity contribution is 0.0618. The van der Waals surface area contributed by atoms with Gasteiger partial charge in [-0.2, -0.15) is 0 Å². The Morgan fingerprint density at radius 2 is 1.77 bits per heavy atom. The van der Waals surface area contributed by atoms with E-state index in [4.69, 9.17) is 0 Å². The van der Waals surface area contributed by atoms with Crippen molar-refractivity contribution >= 4 is 32.5 Å². The zero-order chi connectivity index (χ0) is 24.4. The first-order valence-corrected chi connectivity index (χ1v) is 13.9. The van der Waals surface area contributed by atoms with E-state index in [1.807, 2.05) is 24.0 Å². The van der Waals surface area contributed by atoms with E-state index in [-0.39, 0.29) is 10.8 Å². The predicted octanol–water partition coefficient (Wildman–Crippen LogP) is 4.29. The molecule has 0 atom stereocenters. The summed E-state index contributed by atoms with van der Waals surface area (Å²) in [5.41, 5.74) is 2.17. The summed E-state index contributed by atoms with van der Waals surface area (Å²) in [4.78, 5) is 21.9. The second kappa shape index (κ2) is 9.95. The van der Waals surface area contributed by atoms with Crippen LogP contribution < -0.4 is 4.72 Å². The SMILES string of the molecule is Cc1cc(C(=O)N2CCN(CC3CCCC3)CC2)ccc1NS(=O)(=O)c1cccc2cccnc12. The van der Waals surface area contributed by atoms with Crippen LogP contribution in [-0.4, -0.2) is 61.8 Å². The highest BCUT2D eigenvalue weighted by molar-refractivity contribution is 7.93. The van der Waals surface area contributed by atoms with Gasteiger partial charge in [-0.1, -0.05) is 31.0 Å². The average molecular weight is 493 g/mol. The Bertz CT molecular complexity index is 1320. The number of amides is 1. The number of aryl methyl sites for hydroxylation is 1. The van der Waals surface area contributed by atoms with Gasteiger partial charge in [-0.25, -0.2) is 8.42 Å². The number of benzene rings is 2. The van der Waals surface area contributed by atoms with E-state index in [2.05, 4.69) is 14.6 Å². The number of hydrogen-bond donors (Lipinski definition) is 1. The number of anilines is 1. The topological polar surface area (TPSA) is 82.6 Å². The van der Waals surface area contributed by atoms with Crippen molar-refractivity contribution in [1.82, 2.24) is 14.8 Å². The fourth-order valence-electron chi connectivity index (χ4n) is 5.28. The van der Waals surface area contributed by atoms with Gasteiger partial charge in [0.25, 0.3) is 15.9 Å². The molecule has 0 bridgehead atoms. The molecular formula is C27H32N4O3S. The minimum absolute atomic E-state index is 0.00118. The highest BCUT2D eigenvalue weighted by Crippen LogP contribution is 2.27. The van der Waals surface area contributed by atoms with Crippen molar-refractivity contribution in [1.29, 1.82) is 0 Å². The normalized spacial score (nSPS) is 17.7. The maximum Gasteiger partial charge on any atom is 0.264 e. The van der Waals surface area contributed by atoms with Crippen LogP contribution in [0.1, 0.15) is 41.6 Å². The second-order valence-corrected chi connectivity index (χ2v) is 11.4. The third-order valence-corrected chi connectivity index (χ3v) is 8.65. The fraction of sp³-hybridized carbons (Fsp3) is 0.407. The van der Waals surface area contributed by atoms with Gasteiger partial charge >= 0.3 is 0 Å². The van der Waals surface area contributed by atoms with Crippen molar-refractivity contribution in [3.8, 4) is 0 Å². The summed E-state index contributed by atoms with van der Waals surface area (Å²) in [6.45, 7) is 6.26. The molecule has 1 amide bonds. The van der Waals surface area contributed by atoms with E-state index in [1.165, 1.54) is 25.7 Å². The fourth-order valence-corrected chi connectivity index (χ4v) is 6.59. The van der Waals surface area contributed by atoms with Crippen molar-refractivity contribution < 1.29 is 13.2 Å². The third-order valence-electron chi connectivity index (χ3n) is 7.25. The van der Waals surface area contributed by atoms with Gasteiger partial charge < -0.3 is 4.90 Å². The predicted molar refractivity (Wildman–Crippen MR) is 138 cm³/mol. The zero-order valence-corrected chi connectivity index (χ0v) is 20.9. The van der Waals surface area contributed by atoms with Crippen molar-refractivity contribution in [3.05, 3.63) is 65.9 Å². The molecule has 0 radical (unpaired) electrons. The molecule has 1 saturated carbocycles. The molecule has 8 heteroatoms. The van der Waals surface area contributed by atoms with Crippen molar-refractivity contribution in [2.24, 2.45) is 5.92 Å². The Balaban J connectivity index is 1.26. The van der Waals surface area contributed by atoms with Crippen LogP contribution in [0.25, 0.3) is 10.9 Å². The number of piperazine rings is 1. The molecule has 0 spiro atoms. The Morgan fingerprint density at radius 1 is 1.03 bits per heavy atom. The summed E-state index contributed by atoms with van der Waals surface area (Å²) in [5, 5.41) is 0.761. The summed E-state index contributed by atoms with van der Waals surface area (Å²) in [6, 6.07) is 13.9. The molecule has 1 saturated heterocycles. The van der Waals surface area contributed by atoms with Crippen LogP contribution in [0.5, 0.6) is 0 Å². The molecular weight excluding hydrogens is 460 g/mol. The molecule has 0 unspecified atom stereocenters. The van der Waals surface area contributed by atoms with Gasteiger partial charge in [0.05, 0.1) is 11.2 Å². The van der Waals surface area contributed by atoms with Crippen LogP contribution in [0.15, 0.2) is 59.6 Å². The number of nitrogens with zero attached hydrogens (tertiary/aromatic N) is 3. The Kier molecular flexibility index (Phi) is 6.75. The molecule has 1 aromatic heterocycles. The number of aromatic nitrogens is 1. The first kappa shape index (κ1) is 23.8. The van der Waals surface area contributed by atoms with E-state index in [1.54, 1.807) is 42.6 Å². The molecule has 1 N–H and O–H groups in total. The number of para-hydroxylation sites is 1. The zero-order valence-electron chi connectivity index (χ0n) is 20.1. The van der Waals surface area contributed by atoms with Crippen molar-refractivity contribution in [2.45, 2.75) is 37.5 Å². The number of rotatable bonds is 6. The van der Waals surface area contributed by atoms with Crippen LogP contribution in [0.2, 0.25) is 0 Å². The molecule has 2 aromatic carbocycles. The lowest BCUT2D eigenvalue weighted by Gasteiger charge is -2.36. The van der Waals surface area contributed by atoms with Gasteiger partial charge in [0.1, 0.15) is 4.90 Å². The summed E-state index contributed by atoms with van der Waals surface area (Å²) in [6.07, 6.45) is 6.97. The number of nitrogens with one attached hydrogen (secondary N) is 1. The van der Waals surface area contributed by atoms with Gasteiger partial charge in [0, 0.05) is 49.9 Å². The molecule has 35 heavy (non-hydrogen) atoms. The lowest BCUT2D eigenvalue weighted by Crippen LogP contribution is -2.49. The lowest BCUT2D eigenvalue weighted by atomic mass is 10.1.